The van der Waals surface area contributed by atoms with Crippen molar-refractivity contribution in [1.29, 1.82) is 0 Å². The third kappa shape index (κ3) is 3.81. The van der Waals surface area contributed by atoms with E-state index in [0.717, 1.165) is 0 Å². The number of carbonyl (C=O) groups excluding carboxylic acids is 2. The molecule has 2 fully saturated rings. The van der Waals surface area contributed by atoms with Crippen LogP contribution in [-0.2, 0) is 14.3 Å². The summed E-state index contributed by atoms with van der Waals surface area (Å²) in [5.41, 5.74) is 1.60. The maximum Gasteiger partial charge on any atom is 0.254 e. The molecule has 1 aliphatic carbocycles. The Bertz CT molecular complexity index is 948. The Morgan fingerprint density at radius 1 is 1.39 bits per heavy atom. The highest BCUT2D eigenvalue weighted by molar-refractivity contribution is 6.15. The summed E-state index contributed by atoms with van der Waals surface area (Å²) in [6.07, 6.45) is 5.75. The van der Waals surface area contributed by atoms with Gasteiger partial charge >= 0.3 is 0 Å². The smallest absolute Gasteiger partial charge is 0.254 e. The van der Waals surface area contributed by atoms with Gasteiger partial charge in [-0.2, -0.15) is 19.6 Å². The zero-order chi connectivity index (χ0) is 19.7. The molecule has 0 aromatic carbocycles. The highest BCUT2D eigenvalue weighted by atomic mass is 16.5. The zero-order valence-corrected chi connectivity index (χ0v) is 15.9. The van der Waals surface area contributed by atoms with Crippen LogP contribution >= 0.6 is 0 Å². The molecule has 1 saturated heterocycles. The summed E-state index contributed by atoms with van der Waals surface area (Å²) < 4.78 is 6.68. The van der Waals surface area contributed by atoms with Gasteiger partial charge in [-0.25, -0.2) is 0 Å². The number of hydrogen-bond acceptors (Lipinski definition) is 8. The number of ether oxygens (including phenoxy) is 1. The number of carbonyl (C=O) groups is 2. The minimum absolute atomic E-state index is 0.0595. The van der Waals surface area contributed by atoms with E-state index in [-0.39, 0.29) is 24.3 Å². The van der Waals surface area contributed by atoms with Crippen molar-refractivity contribution in [3.05, 3.63) is 17.3 Å². The summed E-state index contributed by atoms with van der Waals surface area (Å²) >= 11 is 0. The van der Waals surface area contributed by atoms with Gasteiger partial charge in [0.1, 0.15) is 0 Å². The second-order valence-electron chi connectivity index (χ2n) is 7.12. The first-order valence-electron chi connectivity index (χ1n) is 9.35. The van der Waals surface area contributed by atoms with Crippen molar-refractivity contribution in [3.8, 4) is 0 Å². The van der Waals surface area contributed by atoms with E-state index in [2.05, 4.69) is 37.9 Å². The van der Waals surface area contributed by atoms with Crippen molar-refractivity contribution in [2.45, 2.75) is 32.2 Å². The number of fused-ring (bicyclic) bond motifs is 1. The Kier molecular flexibility index (Phi) is 4.95. The predicted molar refractivity (Wildman–Crippen MR) is 103 cm³/mol. The van der Waals surface area contributed by atoms with Gasteiger partial charge in [-0.05, 0) is 31.8 Å². The lowest BCUT2D eigenvalue weighted by Crippen LogP contribution is -2.21. The standard InChI is InChI=1S/C18H23N7O3/c1-10(11-3-4-11)21-17-23-15-13(7-12-8-14(26)22-16(12)27)9-20-25(15)18(24-17)19-5-6-28-2/h7,9-11H,3-6,8H2,1-2H3,(H,22,26,27)(H2,19,21,23,24)/b12-7+. The maximum atomic E-state index is 11.9. The number of hydrogen-bond donors (Lipinski definition) is 3. The number of imide groups is 1. The summed E-state index contributed by atoms with van der Waals surface area (Å²) in [4.78, 5) is 32.5. The fourth-order valence-corrected chi connectivity index (χ4v) is 3.17. The molecule has 148 valence electrons. The summed E-state index contributed by atoms with van der Waals surface area (Å²) in [6, 6.07) is 0.275. The molecule has 0 bridgehead atoms. The third-order valence-corrected chi connectivity index (χ3v) is 4.90. The molecule has 1 saturated carbocycles. The molecule has 28 heavy (non-hydrogen) atoms. The van der Waals surface area contributed by atoms with E-state index in [4.69, 9.17) is 4.74 Å². The van der Waals surface area contributed by atoms with Gasteiger partial charge < -0.3 is 15.4 Å². The summed E-state index contributed by atoms with van der Waals surface area (Å²) in [5.74, 6) is 0.995. The van der Waals surface area contributed by atoms with Gasteiger partial charge in [0, 0.05) is 30.8 Å². The van der Waals surface area contributed by atoms with E-state index < -0.39 is 0 Å². The van der Waals surface area contributed by atoms with Crippen molar-refractivity contribution >= 4 is 35.4 Å². The molecule has 0 spiro atoms. The van der Waals surface area contributed by atoms with Gasteiger partial charge in [0.25, 0.3) is 5.91 Å². The van der Waals surface area contributed by atoms with Crippen LogP contribution < -0.4 is 16.0 Å². The molecule has 1 unspecified atom stereocenters. The number of nitrogens with zero attached hydrogens (tertiary/aromatic N) is 4. The van der Waals surface area contributed by atoms with E-state index in [1.807, 2.05) is 0 Å². The fourth-order valence-electron chi connectivity index (χ4n) is 3.17. The Hall–Kier alpha value is -3.01. The molecule has 10 heteroatoms. The second-order valence-corrected chi connectivity index (χ2v) is 7.12. The Balaban J connectivity index is 1.70. The zero-order valence-electron chi connectivity index (χ0n) is 15.9. The number of methoxy groups -OCH3 is 1. The first kappa shape index (κ1) is 18.4. The SMILES string of the molecule is COCCNc1nc(NC(C)C2CC2)nc2c(/C=C3\CC(=O)NC3=O)cnn12. The lowest BCUT2D eigenvalue weighted by molar-refractivity contribution is -0.124. The molecule has 2 aromatic rings. The van der Waals surface area contributed by atoms with Crippen molar-refractivity contribution in [1.82, 2.24) is 24.9 Å². The molecule has 4 rings (SSSR count). The number of rotatable bonds is 8. The van der Waals surface area contributed by atoms with E-state index in [1.165, 1.54) is 12.8 Å². The number of nitrogens with one attached hydrogen (secondary N) is 3. The minimum atomic E-state index is -0.377. The average Bonchev–Trinajstić information content (AvgIpc) is 3.37. The topological polar surface area (TPSA) is 123 Å². The number of aromatic nitrogens is 4. The third-order valence-electron chi connectivity index (χ3n) is 4.90. The van der Waals surface area contributed by atoms with Gasteiger partial charge in [0.05, 0.1) is 19.2 Å². The van der Waals surface area contributed by atoms with Gasteiger partial charge in [-0.3, -0.25) is 14.9 Å². The summed E-state index contributed by atoms with van der Waals surface area (Å²) in [7, 11) is 1.63. The van der Waals surface area contributed by atoms with Crippen LogP contribution in [0.5, 0.6) is 0 Å². The van der Waals surface area contributed by atoms with Gasteiger partial charge in [0.15, 0.2) is 5.65 Å². The van der Waals surface area contributed by atoms with E-state index in [0.29, 0.717) is 47.7 Å². The first-order chi connectivity index (χ1) is 13.5. The van der Waals surface area contributed by atoms with Gasteiger partial charge in [-0.15, -0.1) is 0 Å². The number of anilines is 2. The molecule has 2 aromatic heterocycles. The summed E-state index contributed by atoms with van der Waals surface area (Å²) in [5, 5.41) is 13.2. The van der Waals surface area contributed by atoms with Crippen LogP contribution in [0.15, 0.2) is 11.8 Å². The molecule has 10 nitrogen and oxygen atoms in total. The summed E-state index contributed by atoms with van der Waals surface area (Å²) in [6.45, 7) is 3.21. The Morgan fingerprint density at radius 3 is 2.89 bits per heavy atom. The van der Waals surface area contributed by atoms with Crippen LogP contribution in [0, 0.1) is 5.92 Å². The van der Waals surface area contributed by atoms with E-state index in [1.54, 1.807) is 23.9 Å². The van der Waals surface area contributed by atoms with E-state index in [9.17, 15) is 9.59 Å². The quantitative estimate of drug-likeness (QED) is 0.347. The predicted octanol–water partition coefficient (Wildman–Crippen LogP) is 0.823. The maximum absolute atomic E-state index is 11.9. The van der Waals surface area contributed by atoms with Crippen LogP contribution in [0.1, 0.15) is 31.7 Å². The highest BCUT2D eigenvalue weighted by Gasteiger charge is 2.29. The molecular formula is C18H23N7O3. The lowest BCUT2D eigenvalue weighted by Gasteiger charge is -2.14. The minimum Gasteiger partial charge on any atom is -0.383 e. The van der Waals surface area contributed by atoms with Crippen LogP contribution in [0.2, 0.25) is 0 Å². The monoisotopic (exact) mass is 385 g/mol. The molecule has 2 amide bonds. The average molecular weight is 385 g/mol. The molecule has 3 N–H and O–H groups in total. The Labute approximate surface area is 161 Å². The largest absolute Gasteiger partial charge is 0.383 e. The molecule has 1 atom stereocenters. The van der Waals surface area contributed by atoms with Crippen LogP contribution in [0.25, 0.3) is 11.7 Å². The van der Waals surface area contributed by atoms with Crippen LogP contribution in [0.3, 0.4) is 0 Å². The normalized spacial score (nSPS) is 19.3. The van der Waals surface area contributed by atoms with Gasteiger partial charge in [0.2, 0.25) is 17.8 Å². The van der Waals surface area contributed by atoms with Crippen molar-refractivity contribution in [3.63, 3.8) is 0 Å². The highest BCUT2D eigenvalue weighted by Crippen LogP contribution is 2.33. The first-order valence-corrected chi connectivity index (χ1v) is 9.35. The molecule has 3 heterocycles. The second kappa shape index (κ2) is 7.55. The number of amides is 2. The van der Waals surface area contributed by atoms with Crippen molar-refractivity contribution < 1.29 is 14.3 Å². The van der Waals surface area contributed by atoms with Crippen molar-refractivity contribution in [2.24, 2.45) is 5.92 Å². The Morgan fingerprint density at radius 2 is 2.21 bits per heavy atom. The van der Waals surface area contributed by atoms with Crippen molar-refractivity contribution in [2.75, 3.05) is 30.9 Å². The fraction of sp³-hybridized carbons (Fsp3) is 0.500. The van der Waals surface area contributed by atoms with Crippen LogP contribution in [-0.4, -0.2) is 57.7 Å². The van der Waals surface area contributed by atoms with E-state index >= 15 is 0 Å². The molecule has 0 radical (unpaired) electrons. The van der Waals surface area contributed by atoms with Gasteiger partial charge in [-0.1, -0.05) is 0 Å². The lowest BCUT2D eigenvalue weighted by atomic mass is 10.1. The molecular weight excluding hydrogens is 362 g/mol. The van der Waals surface area contributed by atoms with Crippen LogP contribution in [0.4, 0.5) is 11.9 Å². The molecule has 1 aliphatic heterocycles. The molecule has 2 aliphatic rings.